The number of rotatable bonds is 4. The van der Waals surface area contributed by atoms with E-state index in [4.69, 9.17) is 9.47 Å². The van der Waals surface area contributed by atoms with Crippen LogP contribution in [0, 0.1) is 6.92 Å². The minimum absolute atomic E-state index is 0.0213. The van der Waals surface area contributed by atoms with Crippen molar-refractivity contribution >= 4 is 5.91 Å². The second kappa shape index (κ2) is 6.73. The smallest absolute Gasteiger partial charge is 0.260 e. The van der Waals surface area contributed by atoms with Crippen LogP contribution in [0.15, 0.2) is 42.5 Å². The van der Waals surface area contributed by atoms with Crippen molar-refractivity contribution in [3.8, 4) is 11.5 Å². The zero-order valence-electron chi connectivity index (χ0n) is 13.5. The van der Waals surface area contributed by atoms with Gasteiger partial charge in [0.25, 0.3) is 5.91 Å². The number of nitrogens with zero attached hydrogens (tertiary/aromatic N) is 1. The number of carbonyl (C=O) groups is 1. The molecular formula is C19H21NO3. The maximum Gasteiger partial charge on any atom is 0.260 e. The van der Waals surface area contributed by atoms with Gasteiger partial charge in [0.15, 0.2) is 6.61 Å². The molecule has 1 heterocycles. The molecule has 0 bridgehead atoms. The van der Waals surface area contributed by atoms with E-state index in [-0.39, 0.29) is 12.5 Å². The molecule has 2 aromatic carbocycles. The number of hydrogen-bond acceptors (Lipinski definition) is 3. The summed E-state index contributed by atoms with van der Waals surface area (Å²) >= 11 is 0. The minimum Gasteiger partial charge on any atom is -0.497 e. The van der Waals surface area contributed by atoms with Crippen LogP contribution in [-0.2, 0) is 17.8 Å². The zero-order valence-corrected chi connectivity index (χ0v) is 13.5. The lowest BCUT2D eigenvalue weighted by atomic mass is 9.99. The summed E-state index contributed by atoms with van der Waals surface area (Å²) < 4.78 is 10.9. The Balaban J connectivity index is 1.60. The molecule has 23 heavy (non-hydrogen) atoms. The number of aryl methyl sites for hydroxylation is 1. The molecule has 0 spiro atoms. The number of benzene rings is 2. The molecular weight excluding hydrogens is 290 g/mol. The highest BCUT2D eigenvalue weighted by atomic mass is 16.5. The third-order valence-electron chi connectivity index (χ3n) is 4.13. The van der Waals surface area contributed by atoms with Crippen molar-refractivity contribution in [3.05, 3.63) is 59.2 Å². The average Bonchev–Trinajstić information content (AvgIpc) is 2.58. The van der Waals surface area contributed by atoms with Crippen LogP contribution in [0.5, 0.6) is 11.5 Å². The first-order chi connectivity index (χ1) is 11.2. The Morgan fingerprint density at radius 3 is 2.78 bits per heavy atom. The van der Waals surface area contributed by atoms with Crippen LogP contribution in [0.4, 0.5) is 0 Å². The highest BCUT2D eigenvalue weighted by Crippen LogP contribution is 2.24. The molecule has 0 aromatic heterocycles. The predicted molar refractivity (Wildman–Crippen MR) is 88.8 cm³/mol. The van der Waals surface area contributed by atoms with Gasteiger partial charge in [0.2, 0.25) is 0 Å². The van der Waals surface area contributed by atoms with Gasteiger partial charge in [-0.2, -0.15) is 0 Å². The summed E-state index contributed by atoms with van der Waals surface area (Å²) in [6, 6.07) is 13.8. The molecule has 0 fully saturated rings. The van der Waals surface area contributed by atoms with Crippen molar-refractivity contribution in [2.45, 2.75) is 19.9 Å². The Morgan fingerprint density at radius 2 is 2.00 bits per heavy atom. The second-order valence-electron chi connectivity index (χ2n) is 5.81. The molecule has 3 rings (SSSR count). The first-order valence-corrected chi connectivity index (χ1v) is 7.79. The van der Waals surface area contributed by atoms with Gasteiger partial charge in [-0.3, -0.25) is 4.79 Å². The van der Waals surface area contributed by atoms with Crippen LogP contribution in [0.25, 0.3) is 0 Å². The van der Waals surface area contributed by atoms with Gasteiger partial charge < -0.3 is 14.4 Å². The molecule has 0 saturated carbocycles. The van der Waals surface area contributed by atoms with Gasteiger partial charge in [0.1, 0.15) is 11.5 Å². The fourth-order valence-electron chi connectivity index (χ4n) is 2.81. The van der Waals surface area contributed by atoms with Gasteiger partial charge in [-0.15, -0.1) is 0 Å². The van der Waals surface area contributed by atoms with Crippen LogP contribution in [0.2, 0.25) is 0 Å². The van der Waals surface area contributed by atoms with E-state index in [9.17, 15) is 4.79 Å². The van der Waals surface area contributed by atoms with Gasteiger partial charge >= 0.3 is 0 Å². The maximum absolute atomic E-state index is 12.4. The molecule has 120 valence electrons. The number of ether oxygens (including phenoxy) is 2. The van der Waals surface area contributed by atoms with E-state index in [2.05, 4.69) is 6.07 Å². The Bertz CT molecular complexity index is 712. The topological polar surface area (TPSA) is 38.8 Å². The largest absolute Gasteiger partial charge is 0.497 e. The van der Waals surface area contributed by atoms with E-state index in [0.717, 1.165) is 30.0 Å². The van der Waals surface area contributed by atoms with Crippen LogP contribution in [0.3, 0.4) is 0 Å². The standard InChI is InChI=1S/C19H21NO3/c1-14-4-3-5-18(10-14)23-13-19(21)20-9-8-15-11-17(22-2)7-6-16(15)12-20/h3-7,10-11H,8-9,12-13H2,1-2H3. The Kier molecular flexibility index (Phi) is 4.51. The summed E-state index contributed by atoms with van der Waals surface area (Å²) in [5.74, 6) is 1.62. The van der Waals surface area contributed by atoms with Crippen molar-refractivity contribution < 1.29 is 14.3 Å². The predicted octanol–water partition coefficient (Wildman–Crippen LogP) is 2.97. The normalized spacial score (nSPS) is 13.4. The summed E-state index contributed by atoms with van der Waals surface area (Å²) in [7, 11) is 1.67. The fraction of sp³-hybridized carbons (Fsp3) is 0.316. The number of hydrogen-bond donors (Lipinski definition) is 0. The van der Waals surface area contributed by atoms with Crippen molar-refractivity contribution in [1.29, 1.82) is 0 Å². The molecule has 1 aliphatic heterocycles. The van der Waals surface area contributed by atoms with Crippen molar-refractivity contribution in [2.75, 3.05) is 20.3 Å². The van der Waals surface area contributed by atoms with Crippen molar-refractivity contribution in [3.63, 3.8) is 0 Å². The summed E-state index contributed by atoms with van der Waals surface area (Å²) in [4.78, 5) is 14.2. The molecule has 0 saturated heterocycles. The van der Waals surface area contributed by atoms with Crippen LogP contribution in [0.1, 0.15) is 16.7 Å². The van der Waals surface area contributed by atoms with E-state index in [1.807, 2.05) is 48.2 Å². The van der Waals surface area contributed by atoms with E-state index in [1.54, 1.807) is 7.11 Å². The van der Waals surface area contributed by atoms with E-state index in [0.29, 0.717) is 6.54 Å². The SMILES string of the molecule is COc1ccc2c(c1)CCN(C(=O)COc1cccc(C)c1)C2. The quantitative estimate of drug-likeness (QED) is 0.871. The Morgan fingerprint density at radius 1 is 1.13 bits per heavy atom. The maximum atomic E-state index is 12.4. The average molecular weight is 311 g/mol. The molecule has 2 aromatic rings. The molecule has 0 atom stereocenters. The number of amides is 1. The molecule has 0 unspecified atom stereocenters. The first kappa shape index (κ1) is 15.4. The minimum atomic E-state index is 0.0213. The van der Waals surface area contributed by atoms with E-state index in [1.165, 1.54) is 11.1 Å². The second-order valence-corrected chi connectivity index (χ2v) is 5.81. The highest BCUT2D eigenvalue weighted by Gasteiger charge is 2.21. The summed E-state index contributed by atoms with van der Waals surface area (Å²) in [6.07, 6.45) is 0.850. The van der Waals surface area contributed by atoms with Crippen LogP contribution < -0.4 is 9.47 Å². The fourth-order valence-corrected chi connectivity index (χ4v) is 2.81. The molecule has 0 radical (unpaired) electrons. The third kappa shape index (κ3) is 3.65. The van der Waals surface area contributed by atoms with Gasteiger partial charge in [0.05, 0.1) is 7.11 Å². The number of carbonyl (C=O) groups excluding carboxylic acids is 1. The van der Waals surface area contributed by atoms with Gasteiger partial charge in [-0.25, -0.2) is 0 Å². The van der Waals surface area contributed by atoms with Gasteiger partial charge in [-0.1, -0.05) is 18.2 Å². The summed E-state index contributed by atoms with van der Waals surface area (Å²) in [5.41, 5.74) is 3.56. The zero-order chi connectivity index (χ0) is 16.2. The number of fused-ring (bicyclic) bond motifs is 1. The van der Waals surface area contributed by atoms with Crippen LogP contribution >= 0.6 is 0 Å². The third-order valence-corrected chi connectivity index (χ3v) is 4.13. The van der Waals surface area contributed by atoms with E-state index >= 15 is 0 Å². The summed E-state index contributed by atoms with van der Waals surface area (Å²) in [5, 5.41) is 0. The lowest BCUT2D eigenvalue weighted by Crippen LogP contribution is -2.38. The van der Waals surface area contributed by atoms with Crippen LogP contribution in [-0.4, -0.2) is 31.1 Å². The van der Waals surface area contributed by atoms with Gasteiger partial charge in [0, 0.05) is 13.1 Å². The lowest BCUT2D eigenvalue weighted by molar-refractivity contribution is -0.134. The Hall–Kier alpha value is -2.49. The van der Waals surface area contributed by atoms with E-state index < -0.39 is 0 Å². The Labute approximate surface area is 136 Å². The molecule has 1 amide bonds. The number of methoxy groups -OCH3 is 1. The highest BCUT2D eigenvalue weighted by molar-refractivity contribution is 5.78. The molecule has 1 aliphatic rings. The molecule has 0 N–H and O–H groups in total. The molecule has 4 heteroatoms. The van der Waals surface area contributed by atoms with Gasteiger partial charge in [-0.05, 0) is 54.3 Å². The summed E-state index contributed by atoms with van der Waals surface area (Å²) in [6.45, 7) is 3.44. The first-order valence-electron chi connectivity index (χ1n) is 7.79. The monoisotopic (exact) mass is 311 g/mol. The van der Waals surface area contributed by atoms with Crippen molar-refractivity contribution in [2.24, 2.45) is 0 Å². The molecule has 0 aliphatic carbocycles. The lowest BCUT2D eigenvalue weighted by Gasteiger charge is -2.29. The van der Waals surface area contributed by atoms with Crippen molar-refractivity contribution in [1.82, 2.24) is 4.90 Å². The molecule has 4 nitrogen and oxygen atoms in total.